The zero-order valence-electron chi connectivity index (χ0n) is 15.2. The average Bonchev–Trinajstić information content (AvgIpc) is 3.14. The Labute approximate surface area is 165 Å². The number of hydrogen-bond donors (Lipinski definition) is 1. The van der Waals surface area contributed by atoms with E-state index in [4.69, 9.17) is 0 Å². The van der Waals surface area contributed by atoms with E-state index in [0.29, 0.717) is 11.7 Å². The maximum Gasteiger partial charge on any atom is 0.231 e. The van der Waals surface area contributed by atoms with Gasteiger partial charge < -0.3 is 5.32 Å². The third-order valence-corrected chi connectivity index (χ3v) is 5.74. The number of aromatic nitrogens is 3. The van der Waals surface area contributed by atoms with Gasteiger partial charge in [0.15, 0.2) is 0 Å². The summed E-state index contributed by atoms with van der Waals surface area (Å²) in [5.41, 5.74) is 3.64. The first-order valence-corrected chi connectivity index (χ1v) is 10.1. The molecule has 0 spiro atoms. The van der Waals surface area contributed by atoms with E-state index in [0.717, 1.165) is 32.0 Å². The van der Waals surface area contributed by atoms with Gasteiger partial charge in [0, 0.05) is 28.4 Å². The summed E-state index contributed by atoms with van der Waals surface area (Å²) in [6.45, 7) is 6.15. The summed E-state index contributed by atoms with van der Waals surface area (Å²) in [6, 6.07) is 7.99. The van der Waals surface area contributed by atoms with Crippen molar-refractivity contribution in [2.45, 2.75) is 33.1 Å². The van der Waals surface area contributed by atoms with Gasteiger partial charge in [0.1, 0.15) is 5.82 Å². The molecule has 3 aromatic rings. The highest BCUT2D eigenvalue weighted by Gasteiger charge is 2.18. The summed E-state index contributed by atoms with van der Waals surface area (Å²) in [6.07, 6.45) is 0.257. The molecule has 2 heterocycles. The van der Waals surface area contributed by atoms with Crippen LogP contribution in [0.3, 0.4) is 0 Å². The van der Waals surface area contributed by atoms with Gasteiger partial charge in [-0.15, -0.1) is 11.3 Å². The normalized spacial score (nSPS) is 11.2. The molecule has 7 heteroatoms. The summed E-state index contributed by atoms with van der Waals surface area (Å²) < 4.78 is 2.73. The van der Waals surface area contributed by atoms with Gasteiger partial charge >= 0.3 is 0 Å². The van der Waals surface area contributed by atoms with E-state index >= 15 is 0 Å². The Kier molecular flexibility index (Phi) is 5.58. The molecular weight excluding hydrogens is 412 g/mol. The van der Waals surface area contributed by atoms with E-state index in [1.807, 2.05) is 43.6 Å². The molecule has 1 N–H and O–H groups in total. The first-order valence-electron chi connectivity index (χ1n) is 8.39. The van der Waals surface area contributed by atoms with E-state index in [-0.39, 0.29) is 12.3 Å². The first-order chi connectivity index (χ1) is 12.3. The van der Waals surface area contributed by atoms with Gasteiger partial charge in [-0.2, -0.15) is 5.10 Å². The minimum Gasteiger partial charge on any atom is -0.310 e. The number of nitrogens with zero attached hydrogens (tertiary/aromatic N) is 3. The first kappa shape index (κ1) is 18.8. The van der Waals surface area contributed by atoms with Crippen LogP contribution in [0.4, 0.5) is 5.82 Å². The second kappa shape index (κ2) is 7.72. The number of carbonyl (C=O) groups is 1. The molecule has 5 nitrogen and oxygen atoms in total. The number of hydrogen-bond acceptors (Lipinski definition) is 4. The summed E-state index contributed by atoms with van der Waals surface area (Å²) in [4.78, 5) is 17.1. The molecule has 0 aliphatic heterocycles. The summed E-state index contributed by atoms with van der Waals surface area (Å²) in [7, 11) is 1.84. The van der Waals surface area contributed by atoms with E-state index in [1.165, 1.54) is 0 Å². The standard InChI is InChI=1S/C19H21BrN4OS/c1-11(2)19-21-15(10-26-19)9-16(25)22-18-17(12(3)23-24(18)4)13-5-7-14(20)8-6-13/h5-8,10-11H,9H2,1-4H3,(H,22,25). The fraction of sp³-hybridized carbons (Fsp3) is 0.316. The van der Waals surface area contributed by atoms with Gasteiger partial charge in [-0.05, 0) is 24.6 Å². The minimum atomic E-state index is -0.0908. The van der Waals surface area contributed by atoms with E-state index in [1.54, 1.807) is 16.0 Å². The maximum atomic E-state index is 12.6. The van der Waals surface area contributed by atoms with Crippen molar-refractivity contribution >= 4 is 39.0 Å². The Morgan fingerprint density at radius 2 is 2.00 bits per heavy atom. The van der Waals surface area contributed by atoms with Crippen LogP contribution in [0, 0.1) is 6.92 Å². The summed E-state index contributed by atoms with van der Waals surface area (Å²) >= 11 is 5.05. The van der Waals surface area contributed by atoms with Crippen LogP contribution < -0.4 is 5.32 Å². The zero-order chi connectivity index (χ0) is 18.8. The third kappa shape index (κ3) is 4.04. The Morgan fingerprint density at radius 1 is 1.31 bits per heavy atom. The van der Waals surface area contributed by atoms with Crippen LogP contribution in [0.15, 0.2) is 34.1 Å². The van der Waals surface area contributed by atoms with Crippen LogP contribution in [0.5, 0.6) is 0 Å². The van der Waals surface area contributed by atoms with Crippen molar-refractivity contribution < 1.29 is 4.79 Å². The molecule has 0 saturated heterocycles. The van der Waals surface area contributed by atoms with Crippen molar-refractivity contribution in [3.63, 3.8) is 0 Å². The Hall–Kier alpha value is -1.99. The van der Waals surface area contributed by atoms with E-state index in [2.05, 4.69) is 45.2 Å². The number of amides is 1. The number of benzene rings is 1. The topological polar surface area (TPSA) is 59.8 Å². The molecule has 26 heavy (non-hydrogen) atoms. The minimum absolute atomic E-state index is 0.0908. The molecule has 0 unspecified atom stereocenters. The molecule has 0 saturated carbocycles. The number of halogens is 1. The lowest BCUT2D eigenvalue weighted by atomic mass is 10.1. The molecule has 3 rings (SSSR count). The van der Waals surface area contributed by atoms with Crippen LogP contribution in [0.1, 0.15) is 36.2 Å². The highest BCUT2D eigenvalue weighted by Crippen LogP contribution is 2.32. The quantitative estimate of drug-likeness (QED) is 0.622. The number of anilines is 1. The van der Waals surface area contributed by atoms with Gasteiger partial charge in [-0.25, -0.2) is 4.98 Å². The van der Waals surface area contributed by atoms with Crippen molar-refractivity contribution in [1.29, 1.82) is 0 Å². The lowest BCUT2D eigenvalue weighted by molar-refractivity contribution is -0.115. The van der Waals surface area contributed by atoms with E-state index < -0.39 is 0 Å². The average molecular weight is 433 g/mol. The molecular formula is C19H21BrN4OS. The predicted octanol–water partition coefficient (Wildman–Crippen LogP) is 4.92. The fourth-order valence-corrected chi connectivity index (χ4v) is 3.87. The maximum absolute atomic E-state index is 12.6. The third-order valence-electron chi connectivity index (χ3n) is 4.02. The van der Waals surface area contributed by atoms with Gasteiger partial charge in [-0.3, -0.25) is 9.48 Å². The number of aryl methyl sites for hydroxylation is 2. The number of rotatable bonds is 5. The van der Waals surface area contributed by atoms with Crippen molar-refractivity contribution in [1.82, 2.24) is 14.8 Å². The summed E-state index contributed by atoms with van der Waals surface area (Å²) in [5, 5.41) is 10.5. The molecule has 1 aromatic carbocycles. The van der Waals surface area contributed by atoms with Crippen LogP contribution in [0.25, 0.3) is 11.1 Å². The molecule has 0 radical (unpaired) electrons. The molecule has 136 valence electrons. The lowest BCUT2D eigenvalue weighted by Gasteiger charge is -2.09. The van der Waals surface area contributed by atoms with Crippen LogP contribution in [-0.2, 0) is 18.3 Å². The SMILES string of the molecule is Cc1nn(C)c(NC(=O)Cc2csc(C(C)C)n2)c1-c1ccc(Br)cc1. The summed E-state index contributed by atoms with van der Waals surface area (Å²) in [5.74, 6) is 0.988. The van der Waals surface area contributed by atoms with Crippen LogP contribution in [-0.4, -0.2) is 20.7 Å². The predicted molar refractivity (Wildman–Crippen MR) is 110 cm³/mol. The Balaban J connectivity index is 1.82. The fourth-order valence-electron chi connectivity index (χ4n) is 2.77. The van der Waals surface area contributed by atoms with Gasteiger partial charge in [0.2, 0.25) is 5.91 Å². The lowest BCUT2D eigenvalue weighted by Crippen LogP contribution is -2.17. The van der Waals surface area contributed by atoms with Crippen molar-refractivity contribution in [3.8, 4) is 11.1 Å². The monoisotopic (exact) mass is 432 g/mol. The molecule has 0 atom stereocenters. The van der Waals surface area contributed by atoms with Crippen LogP contribution in [0.2, 0.25) is 0 Å². The molecule has 2 aromatic heterocycles. The molecule has 1 amide bonds. The molecule has 0 aliphatic rings. The smallest absolute Gasteiger partial charge is 0.231 e. The van der Waals surface area contributed by atoms with Crippen LogP contribution >= 0.6 is 27.3 Å². The van der Waals surface area contributed by atoms with Gasteiger partial charge in [0.25, 0.3) is 0 Å². The van der Waals surface area contributed by atoms with Crippen molar-refractivity contribution in [2.24, 2.45) is 7.05 Å². The zero-order valence-corrected chi connectivity index (χ0v) is 17.6. The Bertz CT molecular complexity index is 928. The second-order valence-corrected chi connectivity index (χ2v) is 8.30. The Morgan fingerprint density at radius 3 is 2.62 bits per heavy atom. The largest absolute Gasteiger partial charge is 0.310 e. The second-order valence-electron chi connectivity index (χ2n) is 6.50. The molecule has 0 bridgehead atoms. The highest BCUT2D eigenvalue weighted by atomic mass is 79.9. The highest BCUT2D eigenvalue weighted by molar-refractivity contribution is 9.10. The van der Waals surface area contributed by atoms with Crippen molar-refractivity contribution in [3.05, 3.63) is 50.5 Å². The van der Waals surface area contributed by atoms with Gasteiger partial charge in [0.05, 0.1) is 22.8 Å². The number of carbonyl (C=O) groups excluding carboxylic acids is 1. The van der Waals surface area contributed by atoms with Crippen molar-refractivity contribution in [2.75, 3.05) is 5.32 Å². The van der Waals surface area contributed by atoms with E-state index in [9.17, 15) is 4.79 Å². The molecule has 0 aliphatic carbocycles. The number of thiazole rings is 1. The number of nitrogens with one attached hydrogen (secondary N) is 1. The van der Waals surface area contributed by atoms with Gasteiger partial charge in [-0.1, -0.05) is 41.9 Å². The molecule has 0 fully saturated rings.